The molecule has 0 radical (unpaired) electrons. The van der Waals surface area contributed by atoms with Crippen LogP contribution in [-0.4, -0.2) is 38.4 Å². The summed E-state index contributed by atoms with van der Waals surface area (Å²) in [6, 6.07) is 6.44. The van der Waals surface area contributed by atoms with E-state index in [-0.39, 0.29) is 0 Å². The SMILES string of the molecule is CC(c1ccc2c(c1)OCO2)C(CN)N(C)C. The van der Waals surface area contributed by atoms with Gasteiger partial charge in [-0.3, -0.25) is 0 Å². The van der Waals surface area contributed by atoms with E-state index in [1.54, 1.807) is 0 Å². The Kier molecular flexibility index (Phi) is 3.54. The van der Waals surface area contributed by atoms with Crippen LogP contribution in [0, 0.1) is 0 Å². The lowest BCUT2D eigenvalue weighted by Crippen LogP contribution is -2.39. The number of hydrogen-bond acceptors (Lipinski definition) is 4. The normalized spacial score (nSPS) is 17.2. The summed E-state index contributed by atoms with van der Waals surface area (Å²) in [5.41, 5.74) is 7.06. The number of nitrogens with two attached hydrogens (primary N) is 1. The van der Waals surface area contributed by atoms with Crippen molar-refractivity contribution in [2.45, 2.75) is 18.9 Å². The first-order chi connectivity index (χ1) is 8.13. The molecule has 1 aromatic rings. The number of fused-ring (bicyclic) bond motifs is 1. The molecule has 0 bridgehead atoms. The second-order valence-electron chi connectivity index (χ2n) is 4.67. The molecule has 0 aliphatic carbocycles. The van der Waals surface area contributed by atoms with Crippen LogP contribution >= 0.6 is 0 Å². The van der Waals surface area contributed by atoms with Gasteiger partial charge in [-0.1, -0.05) is 13.0 Å². The maximum absolute atomic E-state index is 5.83. The van der Waals surface area contributed by atoms with Crippen molar-refractivity contribution >= 4 is 0 Å². The first kappa shape index (κ1) is 12.2. The van der Waals surface area contributed by atoms with Gasteiger partial charge in [0.25, 0.3) is 0 Å². The minimum Gasteiger partial charge on any atom is -0.454 e. The summed E-state index contributed by atoms with van der Waals surface area (Å²) in [5.74, 6) is 2.03. The van der Waals surface area contributed by atoms with Crippen LogP contribution in [0.3, 0.4) is 0 Å². The van der Waals surface area contributed by atoms with Gasteiger partial charge in [0.2, 0.25) is 6.79 Å². The van der Waals surface area contributed by atoms with Crippen molar-refractivity contribution in [1.82, 2.24) is 4.90 Å². The van der Waals surface area contributed by atoms with Gasteiger partial charge in [0.1, 0.15) is 0 Å². The predicted octanol–water partition coefficient (Wildman–Crippen LogP) is 1.41. The molecular formula is C13H20N2O2. The Hall–Kier alpha value is -1.26. The smallest absolute Gasteiger partial charge is 0.231 e. The van der Waals surface area contributed by atoms with Crippen molar-refractivity contribution in [2.24, 2.45) is 5.73 Å². The first-order valence-corrected chi connectivity index (χ1v) is 5.89. The van der Waals surface area contributed by atoms with Gasteiger partial charge in [-0.05, 0) is 37.7 Å². The van der Waals surface area contributed by atoms with Crippen molar-refractivity contribution in [3.8, 4) is 11.5 Å². The number of ether oxygens (including phenoxy) is 2. The molecule has 2 atom stereocenters. The van der Waals surface area contributed by atoms with Gasteiger partial charge < -0.3 is 20.1 Å². The lowest BCUT2D eigenvalue weighted by molar-refractivity contribution is 0.174. The molecule has 1 aliphatic rings. The highest BCUT2D eigenvalue weighted by atomic mass is 16.7. The molecule has 17 heavy (non-hydrogen) atoms. The van der Waals surface area contributed by atoms with Crippen LogP contribution in [0.2, 0.25) is 0 Å². The Bertz CT molecular complexity index is 393. The molecule has 0 amide bonds. The van der Waals surface area contributed by atoms with Crippen LogP contribution in [0.4, 0.5) is 0 Å². The van der Waals surface area contributed by atoms with E-state index in [0.29, 0.717) is 25.3 Å². The predicted molar refractivity (Wildman–Crippen MR) is 67.5 cm³/mol. The Morgan fingerprint density at radius 3 is 2.65 bits per heavy atom. The van der Waals surface area contributed by atoms with E-state index in [1.165, 1.54) is 5.56 Å². The van der Waals surface area contributed by atoms with Crippen molar-refractivity contribution in [2.75, 3.05) is 27.4 Å². The average Bonchev–Trinajstić information content (AvgIpc) is 2.75. The largest absolute Gasteiger partial charge is 0.454 e. The van der Waals surface area contributed by atoms with Crippen molar-refractivity contribution in [1.29, 1.82) is 0 Å². The maximum atomic E-state index is 5.83. The minimum atomic E-state index is 0.321. The summed E-state index contributed by atoms with van der Waals surface area (Å²) in [4.78, 5) is 2.16. The molecule has 1 aliphatic heterocycles. The van der Waals surface area contributed by atoms with E-state index >= 15 is 0 Å². The van der Waals surface area contributed by atoms with Gasteiger partial charge in [-0.25, -0.2) is 0 Å². The standard InChI is InChI=1S/C13H20N2O2/c1-9(11(7-14)15(2)3)10-4-5-12-13(6-10)17-8-16-12/h4-6,9,11H,7-8,14H2,1-3H3. The van der Waals surface area contributed by atoms with Crippen LogP contribution in [0.5, 0.6) is 11.5 Å². The van der Waals surface area contributed by atoms with Gasteiger partial charge in [-0.15, -0.1) is 0 Å². The van der Waals surface area contributed by atoms with Gasteiger partial charge in [0, 0.05) is 12.6 Å². The number of hydrogen-bond donors (Lipinski definition) is 1. The zero-order valence-corrected chi connectivity index (χ0v) is 10.6. The zero-order chi connectivity index (χ0) is 12.4. The minimum absolute atomic E-state index is 0.321. The summed E-state index contributed by atoms with van der Waals surface area (Å²) in [6.45, 7) is 3.15. The van der Waals surface area contributed by atoms with E-state index in [0.717, 1.165) is 11.5 Å². The van der Waals surface area contributed by atoms with Crippen molar-refractivity contribution in [3.05, 3.63) is 23.8 Å². The monoisotopic (exact) mass is 236 g/mol. The highest BCUT2D eigenvalue weighted by Gasteiger charge is 2.22. The molecule has 1 aromatic carbocycles. The Balaban J connectivity index is 2.21. The molecule has 2 unspecified atom stereocenters. The summed E-state index contributed by atoms with van der Waals surface area (Å²) in [6.07, 6.45) is 0. The molecule has 0 spiro atoms. The second kappa shape index (κ2) is 4.94. The van der Waals surface area contributed by atoms with Crippen LogP contribution in [0.1, 0.15) is 18.4 Å². The molecule has 0 aromatic heterocycles. The number of benzene rings is 1. The van der Waals surface area contributed by atoms with E-state index < -0.39 is 0 Å². The highest BCUT2D eigenvalue weighted by molar-refractivity contribution is 5.45. The van der Waals surface area contributed by atoms with Gasteiger partial charge in [0.05, 0.1) is 0 Å². The summed E-state index contributed by atoms with van der Waals surface area (Å²) >= 11 is 0. The van der Waals surface area contributed by atoms with E-state index in [2.05, 4.69) is 38.1 Å². The molecule has 4 heteroatoms. The van der Waals surface area contributed by atoms with Gasteiger partial charge in [-0.2, -0.15) is 0 Å². The molecule has 0 saturated heterocycles. The fourth-order valence-corrected chi connectivity index (χ4v) is 2.28. The van der Waals surface area contributed by atoms with Crippen LogP contribution in [0.25, 0.3) is 0 Å². The summed E-state index contributed by atoms with van der Waals surface area (Å²) < 4.78 is 10.7. The summed E-state index contributed by atoms with van der Waals surface area (Å²) in [7, 11) is 4.11. The second-order valence-corrected chi connectivity index (χ2v) is 4.67. The van der Waals surface area contributed by atoms with Crippen LogP contribution in [0.15, 0.2) is 18.2 Å². The molecular weight excluding hydrogens is 216 g/mol. The van der Waals surface area contributed by atoms with Gasteiger partial charge >= 0.3 is 0 Å². The molecule has 4 nitrogen and oxygen atoms in total. The van der Waals surface area contributed by atoms with Crippen molar-refractivity contribution in [3.63, 3.8) is 0 Å². The number of rotatable bonds is 4. The Morgan fingerprint density at radius 1 is 1.29 bits per heavy atom. The van der Waals surface area contributed by atoms with Crippen LogP contribution in [-0.2, 0) is 0 Å². The highest BCUT2D eigenvalue weighted by Crippen LogP contribution is 2.35. The maximum Gasteiger partial charge on any atom is 0.231 e. The average molecular weight is 236 g/mol. The van der Waals surface area contributed by atoms with E-state index in [9.17, 15) is 0 Å². The molecule has 2 N–H and O–H groups in total. The number of nitrogens with zero attached hydrogens (tertiary/aromatic N) is 1. The van der Waals surface area contributed by atoms with Gasteiger partial charge in [0.15, 0.2) is 11.5 Å². The lowest BCUT2D eigenvalue weighted by atomic mass is 9.92. The fourth-order valence-electron chi connectivity index (χ4n) is 2.28. The molecule has 2 rings (SSSR count). The van der Waals surface area contributed by atoms with Crippen molar-refractivity contribution < 1.29 is 9.47 Å². The third kappa shape index (κ3) is 2.37. The molecule has 94 valence electrons. The first-order valence-electron chi connectivity index (χ1n) is 5.89. The van der Waals surface area contributed by atoms with Crippen LogP contribution < -0.4 is 15.2 Å². The fraction of sp³-hybridized carbons (Fsp3) is 0.538. The van der Waals surface area contributed by atoms with E-state index in [1.807, 2.05) is 6.07 Å². The third-order valence-electron chi connectivity index (χ3n) is 3.40. The number of likely N-dealkylation sites (N-methyl/N-ethyl adjacent to an activating group) is 1. The molecule has 1 heterocycles. The van der Waals surface area contributed by atoms with E-state index in [4.69, 9.17) is 15.2 Å². The summed E-state index contributed by atoms with van der Waals surface area (Å²) in [5, 5.41) is 0. The topological polar surface area (TPSA) is 47.7 Å². The quantitative estimate of drug-likeness (QED) is 0.858. The molecule has 0 fully saturated rings. The zero-order valence-electron chi connectivity index (χ0n) is 10.6. The lowest BCUT2D eigenvalue weighted by Gasteiger charge is -2.29. The molecule has 0 saturated carbocycles. The Labute approximate surface area is 102 Å². The third-order valence-corrected chi connectivity index (χ3v) is 3.40. The Morgan fingerprint density at radius 2 is 2.00 bits per heavy atom.